The third-order valence-corrected chi connectivity index (χ3v) is 3.67. The number of rotatable bonds is 10. The van der Waals surface area contributed by atoms with Crippen molar-refractivity contribution in [3.63, 3.8) is 0 Å². The molecule has 0 aromatic heterocycles. The molecule has 0 bridgehead atoms. The van der Waals surface area contributed by atoms with Crippen LogP contribution in [0.2, 0.25) is 0 Å². The van der Waals surface area contributed by atoms with E-state index in [1.807, 2.05) is 36.6 Å². The van der Waals surface area contributed by atoms with Crippen molar-refractivity contribution in [1.82, 2.24) is 5.32 Å². The second kappa shape index (κ2) is 9.37. The molecule has 0 saturated carbocycles. The van der Waals surface area contributed by atoms with Crippen LogP contribution in [0.25, 0.3) is 0 Å². The molecule has 0 heterocycles. The largest absolute Gasteiger partial charge is 0.389 e. The van der Waals surface area contributed by atoms with Crippen LogP contribution in [0.1, 0.15) is 12.5 Å². The van der Waals surface area contributed by atoms with Gasteiger partial charge in [-0.2, -0.15) is 11.8 Å². The molecule has 114 valence electrons. The first kappa shape index (κ1) is 17.5. The topological polar surface area (TPSA) is 61.7 Å². The van der Waals surface area contributed by atoms with Gasteiger partial charge in [0, 0.05) is 18.8 Å². The molecule has 0 radical (unpaired) electrons. The Morgan fingerprint density at radius 1 is 1.35 bits per heavy atom. The van der Waals surface area contributed by atoms with Gasteiger partial charge in [0.25, 0.3) is 0 Å². The average Bonchev–Trinajstić information content (AvgIpc) is 2.39. The van der Waals surface area contributed by atoms with Crippen molar-refractivity contribution >= 4 is 11.8 Å². The zero-order valence-corrected chi connectivity index (χ0v) is 13.0. The van der Waals surface area contributed by atoms with Gasteiger partial charge in [0.05, 0.1) is 24.9 Å². The average molecular weight is 299 g/mol. The molecule has 0 saturated heterocycles. The zero-order chi connectivity index (χ0) is 14.8. The molecule has 0 aliphatic rings. The summed E-state index contributed by atoms with van der Waals surface area (Å²) in [4.78, 5) is 0. The molecule has 2 atom stereocenters. The summed E-state index contributed by atoms with van der Waals surface area (Å²) in [5.41, 5.74) is 0.347. The Hall–Kier alpha value is -0.590. The Morgan fingerprint density at radius 3 is 2.70 bits per heavy atom. The van der Waals surface area contributed by atoms with Crippen molar-refractivity contribution in [3.8, 4) is 0 Å². The maximum Gasteiger partial charge on any atom is 0.0897 e. The summed E-state index contributed by atoms with van der Waals surface area (Å²) in [5.74, 6) is 0.667. The molecule has 0 fully saturated rings. The molecule has 0 amide bonds. The summed E-state index contributed by atoms with van der Waals surface area (Å²) in [6, 6.07) is 9.87. The SMILES string of the molecule is CSCC(C)(O)CNCC(O)COCc1ccccc1. The fraction of sp³-hybridized carbons (Fsp3) is 0.600. The van der Waals surface area contributed by atoms with Crippen molar-refractivity contribution in [2.45, 2.75) is 25.2 Å². The van der Waals surface area contributed by atoms with Crippen LogP contribution >= 0.6 is 11.8 Å². The van der Waals surface area contributed by atoms with Gasteiger partial charge in [0.2, 0.25) is 0 Å². The van der Waals surface area contributed by atoms with Gasteiger partial charge in [-0.1, -0.05) is 30.3 Å². The molecular formula is C15H25NO3S. The maximum absolute atomic E-state index is 9.96. The fourth-order valence-electron chi connectivity index (χ4n) is 1.82. The number of thioether (sulfide) groups is 1. The lowest BCUT2D eigenvalue weighted by Gasteiger charge is -2.23. The van der Waals surface area contributed by atoms with Crippen LogP contribution in [-0.2, 0) is 11.3 Å². The van der Waals surface area contributed by atoms with E-state index in [-0.39, 0.29) is 6.61 Å². The fourth-order valence-corrected chi connectivity index (χ4v) is 2.54. The Balaban J connectivity index is 2.10. The third-order valence-electron chi connectivity index (χ3n) is 2.76. The first-order valence-corrected chi connectivity index (χ1v) is 8.14. The van der Waals surface area contributed by atoms with Crippen LogP contribution < -0.4 is 5.32 Å². The Labute approximate surface area is 125 Å². The summed E-state index contributed by atoms with van der Waals surface area (Å²) in [6.45, 7) is 3.45. The smallest absolute Gasteiger partial charge is 0.0897 e. The molecule has 0 spiro atoms. The molecule has 2 unspecified atom stereocenters. The van der Waals surface area contributed by atoms with Gasteiger partial charge in [-0.3, -0.25) is 0 Å². The van der Waals surface area contributed by atoms with Crippen molar-refractivity contribution in [2.24, 2.45) is 0 Å². The molecular weight excluding hydrogens is 274 g/mol. The maximum atomic E-state index is 9.96. The number of nitrogens with one attached hydrogen (secondary N) is 1. The zero-order valence-electron chi connectivity index (χ0n) is 12.2. The van der Waals surface area contributed by atoms with Crippen molar-refractivity contribution in [3.05, 3.63) is 35.9 Å². The molecule has 0 aliphatic carbocycles. The molecule has 3 N–H and O–H groups in total. The monoisotopic (exact) mass is 299 g/mol. The van der Waals surface area contributed by atoms with Crippen LogP contribution in [0.15, 0.2) is 30.3 Å². The number of hydrogen-bond donors (Lipinski definition) is 3. The summed E-state index contributed by atoms with van der Waals surface area (Å²) < 4.78 is 5.46. The van der Waals surface area contributed by atoms with Gasteiger partial charge in [-0.15, -0.1) is 0 Å². The first-order chi connectivity index (χ1) is 9.53. The van der Waals surface area contributed by atoms with Gasteiger partial charge in [0.1, 0.15) is 0 Å². The molecule has 1 rings (SSSR count). The van der Waals surface area contributed by atoms with E-state index >= 15 is 0 Å². The lowest BCUT2D eigenvalue weighted by molar-refractivity contribution is 0.0239. The van der Waals surface area contributed by atoms with E-state index in [0.29, 0.717) is 25.4 Å². The van der Waals surface area contributed by atoms with Crippen LogP contribution in [0.4, 0.5) is 0 Å². The van der Waals surface area contributed by atoms with E-state index in [1.54, 1.807) is 18.7 Å². The minimum absolute atomic E-state index is 0.284. The molecule has 20 heavy (non-hydrogen) atoms. The summed E-state index contributed by atoms with van der Waals surface area (Å²) >= 11 is 1.60. The second-order valence-electron chi connectivity index (χ2n) is 5.22. The lowest BCUT2D eigenvalue weighted by atomic mass is 10.1. The van der Waals surface area contributed by atoms with E-state index in [0.717, 1.165) is 5.56 Å². The van der Waals surface area contributed by atoms with Crippen LogP contribution in [0.5, 0.6) is 0 Å². The normalized spacial score (nSPS) is 15.8. The predicted octanol–water partition coefficient (Wildman–Crippen LogP) is 1.27. The Morgan fingerprint density at radius 2 is 2.05 bits per heavy atom. The number of ether oxygens (including phenoxy) is 1. The van der Waals surface area contributed by atoms with Crippen molar-refractivity contribution < 1.29 is 14.9 Å². The molecule has 1 aromatic rings. The molecule has 5 heteroatoms. The van der Waals surface area contributed by atoms with Gasteiger partial charge < -0.3 is 20.3 Å². The third kappa shape index (κ3) is 7.87. The summed E-state index contributed by atoms with van der Waals surface area (Å²) in [6.07, 6.45) is 1.39. The van der Waals surface area contributed by atoms with Crippen LogP contribution in [0, 0.1) is 0 Å². The van der Waals surface area contributed by atoms with E-state index in [2.05, 4.69) is 5.32 Å². The van der Waals surface area contributed by atoms with E-state index < -0.39 is 11.7 Å². The van der Waals surface area contributed by atoms with E-state index in [9.17, 15) is 10.2 Å². The van der Waals surface area contributed by atoms with Gasteiger partial charge >= 0.3 is 0 Å². The molecule has 1 aromatic carbocycles. The first-order valence-electron chi connectivity index (χ1n) is 6.75. The predicted molar refractivity (Wildman–Crippen MR) is 84.0 cm³/mol. The quantitative estimate of drug-likeness (QED) is 0.607. The standard InChI is InChI=1S/C15H25NO3S/c1-15(18,12-20-2)11-16-8-14(17)10-19-9-13-6-4-3-5-7-13/h3-7,14,16-18H,8-12H2,1-2H3. The highest BCUT2D eigenvalue weighted by Crippen LogP contribution is 2.08. The van der Waals surface area contributed by atoms with Crippen molar-refractivity contribution in [1.29, 1.82) is 0 Å². The molecule has 0 aliphatic heterocycles. The minimum Gasteiger partial charge on any atom is -0.389 e. The van der Waals surface area contributed by atoms with E-state index in [1.165, 1.54) is 0 Å². The van der Waals surface area contributed by atoms with E-state index in [4.69, 9.17) is 4.74 Å². The number of aliphatic hydroxyl groups excluding tert-OH is 1. The van der Waals surface area contributed by atoms with Crippen LogP contribution in [-0.4, -0.2) is 53.6 Å². The number of aliphatic hydroxyl groups is 2. The van der Waals surface area contributed by atoms with Crippen LogP contribution in [0.3, 0.4) is 0 Å². The highest BCUT2D eigenvalue weighted by molar-refractivity contribution is 7.98. The number of benzene rings is 1. The number of hydrogen-bond acceptors (Lipinski definition) is 5. The highest BCUT2D eigenvalue weighted by Gasteiger charge is 2.19. The minimum atomic E-state index is -0.746. The van der Waals surface area contributed by atoms with Gasteiger partial charge in [0.15, 0.2) is 0 Å². The van der Waals surface area contributed by atoms with Gasteiger partial charge in [-0.05, 0) is 18.7 Å². The summed E-state index contributed by atoms with van der Waals surface area (Å²) in [5, 5.41) is 22.8. The Bertz CT molecular complexity index is 359. The summed E-state index contributed by atoms with van der Waals surface area (Å²) in [7, 11) is 0. The van der Waals surface area contributed by atoms with Crippen molar-refractivity contribution in [2.75, 3.05) is 31.7 Å². The lowest BCUT2D eigenvalue weighted by Crippen LogP contribution is -2.43. The van der Waals surface area contributed by atoms with Gasteiger partial charge in [-0.25, -0.2) is 0 Å². The molecule has 4 nitrogen and oxygen atoms in total. The second-order valence-corrected chi connectivity index (χ2v) is 6.08. The highest BCUT2D eigenvalue weighted by atomic mass is 32.2. The Kier molecular flexibility index (Phi) is 8.18.